The fourth-order valence-corrected chi connectivity index (χ4v) is 4.59. The van der Waals surface area contributed by atoms with Crippen molar-refractivity contribution in [1.29, 1.82) is 0 Å². The van der Waals surface area contributed by atoms with Crippen LogP contribution in [0.25, 0.3) is 10.9 Å². The van der Waals surface area contributed by atoms with Gasteiger partial charge in [-0.3, -0.25) is 24.2 Å². The first-order valence-corrected chi connectivity index (χ1v) is 13.5. The molecule has 2 atom stereocenters. The largest absolute Gasteiger partial charge is 0.481 e. The molecule has 0 radical (unpaired) electrons. The number of hydrazine groups is 1. The summed E-state index contributed by atoms with van der Waals surface area (Å²) in [6.07, 6.45) is 3.23. The van der Waals surface area contributed by atoms with Crippen LogP contribution in [0.5, 0.6) is 0 Å². The summed E-state index contributed by atoms with van der Waals surface area (Å²) in [4.78, 5) is 81.1. The number of H-pyrrole nitrogens is 1. The van der Waals surface area contributed by atoms with Crippen LogP contribution in [0.1, 0.15) is 47.4 Å². The number of aryl methyl sites for hydroxylation is 1. The van der Waals surface area contributed by atoms with Crippen molar-refractivity contribution < 1.29 is 43.7 Å². The highest BCUT2D eigenvalue weighted by atomic mass is 19.1. The van der Waals surface area contributed by atoms with Gasteiger partial charge in [-0.2, -0.15) is 0 Å². The van der Waals surface area contributed by atoms with Gasteiger partial charge < -0.3 is 25.6 Å². The Bertz CT molecular complexity index is 1720. The number of aliphatic carboxylic acids is 3. The van der Waals surface area contributed by atoms with Gasteiger partial charge >= 0.3 is 17.9 Å². The van der Waals surface area contributed by atoms with Crippen LogP contribution in [0.2, 0.25) is 0 Å². The molecule has 0 spiro atoms. The van der Waals surface area contributed by atoms with Gasteiger partial charge in [0, 0.05) is 19.4 Å². The quantitative estimate of drug-likeness (QED) is 0.121. The van der Waals surface area contributed by atoms with Crippen LogP contribution in [0.3, 0.4) is 0 Å². The number of carboxylic acid groups (broad SMARTS) is 3. The van der Waals surface area contributed by atoms with Gasteiger partial charge in [0.2, 0.25) is 5.91 Å². The van der Waals surface area contributed by atoms with E-state index in [2.05, 4.69) is 21.2 Å². The van der Waals surface area contributed by atoms with E-state index >= 15 is 0 Å². The van der Waals surface area contributed by atoms with Crippen LogP contribution >= 0.6 is 0 Å². The minimum absolute atomic E-state index is 0.206. The number of carbonyl (C=O) groups is 5. The lowest BCUT2D eigenvalue weighted by atomic mass is 10.1. The van der Waals surface area contributed by atoms with E-state index in [0.29, 0.717) is 16.9 Å². The third-order valence-corrected chi connectivity index (χ3v) is 6.67. The van der Waals surface area contributed by atoms with Gasteiger partial charge in [0.25, 0.3) is 11.5 Å². The molecule has 0 saturated heterocycles. The number of nitrogens with zero attached hydrogens (tertiary/aromatic N) is 3. The fraction of sp³-hybridized carbons (Fsp3) is 0.300. The summed E-state index contributed by atoms with van der Waals surface area (Å²) in [6, 6.07) is 6.10. The van der Waals surface area contributed by atoms with Crippen molar-refractivity contribution in [2.75, 3.05) is 6.54 Å². The van der Waals surface area contributed by atoms with Crippen molar-refractivity contribution >= 4 is 40.6 Å². The van der Waals surface area contributed by atoms with E-state index in [1.165, 1.54) is 23.2 Å². The Morgan fingerprint density at radius 1 is 1.04 bits per heavy atom. The zero-order valence-corrected chi connectivity index (χ0v) is 24.0. The average Bonchev–Trinajstić information content (AvgIpc) is 2.97. The molecule has 0 fully saturated rings. The predicted molar refractivity (Wildman–Crippen MR) is 156 cm³/mol. The van der Waals surface area contributed by atoms with E-state index in [-0.39, 0.29) is 18.5 Å². The van der Waals surface area contributed by atoms with Crippen LogP contribution in [0.15, 0.2) is 47.3 Å². The summed E-state index contributed by atoms with van der Waals surface area (Å²) in [7, 11) is 0. The van der Waals surface area contributed by atoms with Crippen LogP contribution in [0, 0.1) is 25.1 Å². The lowest BCUT2D eigenvalue weighted by Gasteiger charge is -2.38. The van der Waals surface area contributed by atoms with Gasteiger partial charge in [-0.05, 0) is 49.6 Å². The molecule has 236 valence electrons. The molecule has 15 heteroatoms. The Morgan fingerprint density at radius 3 is 2.38 bits per heavy atom. The summed E-state index contributed by atoms with van der Waals surface area (Å²) in [5.41, 5.74) is -0.0398. The molecular formula is C30H30FN5O9. The van der Waals surface area contributed by atoms with Gasteiger partial charge in [-0.25, -0.2) is 24.0 Å². The first-order valence-electron chi connectivity index (χ1n) is 13.5. The normalized spacial score (nSPS) is 12.2. The Balaban J connectivity index is 1.94. The molecule has 14 nitrogen and oxygen atoms in total. The molecule has 3 aromatic rings. The highest BCUT2D eigenvalue weighted by Gasteiger charge is 2.35. The van der Waals surface area contributed by atoms with Crippen molar-refractivity contribution in [3.63, 3.8) is 0 Å². The molecule has 1 heterocycles. The molecule has 1 aromatic heterocycles. The number of hydrogen-bond donors (Lipinski definition) is 5. The number of aromatic nitrogens is 2. The van der Waals surface area contributed by atoms with Gasteiger partial charge in [-0.1, -0.05) is 24.1 Å². The molecule has 3 rings (SSSR count). The second-order valence-electron chi connectivity index (χ2n) is 9.94. The highest BCUT2D eigenvalue weighted by molar-refractivity contribution is 5.97. The zero-order valence-electron chi connectivity index (χ0n) is 24.0. The lowest BCUT2D eigenvalue weighted by Crippen LogP contribution is -2.55. The number of hydrogen-bond acceptors (Lipinski definition) is 8. The second kappa shape index (κ2) is 15.2. The number of benzene rings is 2. The molecule has 0 aliphatic carbocycles. The van der Waals surface area contributed by atoms with Crippen molar-refractivity contribution in [1.82, 2.24) is 25.3 Å². The number of aromatic amines is 1. The fourth-order valence-electron chi connectivity index (χ4n) is 4.59. The summed E-state index contributed by atoms with van der Waals surface area (Å²) >= 11 is 0. The summed E-state index contributed by atoms with van der Waals surface area (Å²) in [5.74, 6) is -4.57. The lowest BCUT2D eigenvalue weighted by molar-refractivity contribution is -0.170. The smallest absolute Gasteiger partial charge is 0.328 e. The number of terminal acetylenes is 1. The number of halogens is 1. The van der Waals surface area contributed by atoms with E-state index in [1.54, 1.807) is 19.1 Å². The molecule has 0 unspecified atom stereocenters. The maximum atomic E-state index is 14.1. The molecule has 45 heavy (non-hydrogen) atoms. The van der Waals surface area contributed by atoms with Gasteiger partial charge in [-0.15, -0.1) is 6.42 Å². The second-order valence-corrected chi connectivity index (χ2v) is 9.94. The summed E-state index contributed by atoms with van der Waals surface area (Å²) in [6.45, 7) is 1.06. The molecule has 0 aliphatic heterocycles. The van der Waals surface area contributed by atoms with Gasteiger partial charge in [0.05, 0.1) is 23.0 Å². The third kappa shape index (κ3) is 8.94. The van der Waals surface area contributed by atoms with Crippen molar-refractivity contribution in [2.24, 2.45) is 0 Å². The molecule has 0 bridgehead atoms. The van der Waals surface area contributed by atoms with Crippen LogP contribution in [0.4, 0.5) is 4.39 Å². The van der Waals surface area contributed by atoms with Crippen molar-refractivity contribution in [2.45, 2.75) is 51.2 Å². The number of rotatable bonds is 15. The summed E-state index contributed by atoms with van der Waals surface area (Å²) < 4.78 is 14.1. The molecule has 5 N–H and O–H groups in total. The van der Waals surface area contributed by atoms with E-state index in [0.717, 1.165) is 17.1 Å². The molecule has 2 amide bonds. The Hall–Kier alpha value is -5.62. The average molecular weight is 624 g/mol. The predicted octanol–water partition coefficient (Wildman–Crippen LogP) is 1.53. The number of carboxylic acids is 3. The van der Waals surface area contributed by atoms with E-state index in [1.807, 2.05) is 0 Å². The Labute approximate surface area is 255 Å². The minimum atomic E-state index is -1.73. The maximum absolute atomic E-state index is 14.1. The molecule has 2 aromatic carbocycles. The van der Waals surface area contributed by atoms with Crippen molar-refractivity contribution in [3.8, 4) is 12.3 Å². The number of carbonyl (C=O) groups excluding carboxylic acids is 2. The standard InChI is InChI=1S/C30H30FN5O9/c1-3-14-35(16-18-8-9-22-20(15-18)28(41)33-17(2)32-22)36(24(30(44)45)11-13-26(38)39)25(37)12-10-23(29(42)43)34-27(40)19-6-4-5-7-21(19)31/h1,4-9,15,23-24H,10-14,16H2,2H3,(H,34,40)(H,38,39)(H,42,43)(H,44,45)(H,32,33,41)/t23-,24+/m0/s1. The van der Waals surface area contributed by atoms with Crippen LogP contribution < -0.4 is 10.9 Å². The Kier molecular flexibility index (Phi) is 11.4. The van der Waals surface area contributed by atoms with Gasteiger partial charge in [0.15, 0.2) is 0 Å². The van der Waals surface area contributed by atoms with Crippen LogP contribution in [-0.2, 0) is 25.7 Å². The molecular weight excluding hydrogens is 593 g/mol. The number of fused-ring (bicyclic) bond motifs is 1. The van der Waals surface area contributed by atoms with Gasteiger partial charge in [0.1, 0.15) is 23.7 Å². The molecule has 0 aliphatic rings. The monoisotopic (exact) mass is 623 g/mol. The van der Waals surface area contributed by atoms with E-state index < -0.39 is 84.4 Å². The first-order chi connectivity index (χ1) is 21.3. The number of amides is 2. The SMILES string of the molecule is C#CCN(Cc1ccc2nc(C)[nH]c(=O)c2c1)N(C(=O)CC[C@H](NC(=O)c1ccccc1F)C(=O)O)[C@H](CCC(=O)O)C(=O)O. The zero-order chi connectivity index (χ0) is 33.3. The summed E-state index contributed by atoms with van der Waals surface area (Å²) in [5, 5.41) is 33.2. The topological polar surface area (TPSA) is 210 Å². The van der Waals surface area contributed by atoms with Crippen molar-refractivity contribution in [3.05, 3.63) is 75.6 Å². The maximum Gasteiger partial charge on any atom is 0.328 e. The molecule has 0 saturated carbocycles. The first kappa shape index (κ1) is 33.9. The minimum Gasteiger partial charge on any atom is -0.481 e. The third-order valence-electron chi connectivity index (χ3n) is 6.67. The highest BCUT2D eigenvalue weighted by Crippen LogP contribution is 2.20. The Morgan fingerprint density at radius 2 is 1.76 bits per heavy atom. The number of nitrogens with one attached hydrogen (secondary N) is 2. The van der Waals surface area contributed by atoms with Crippen LogP contribution in [-0.4, -0.2) is 83.7 Å². The van der Waals surface area contributed by atoms with E-state index in [4.69, 9.17) is 6.42 Å². The van der Waals surface area contributed by atoms with E-state index in [9.17, 15) is 48.5 Å².